The minimum atomic E-state index is -0.719. The maximum absolute atomic E-state index is 13.7. The molecule has 21 heavy (non-hydrogen) atoms. The van der Waals surface area contributed by atoms with Gasteiger partial charge in [0, 0.05) is 3.57 Å². The largest absolute Gasteiger partial charge is 0.481 e. The normalized spacial score (nSPS) is 11.8. The van der Waals surface area contributed by atoms with Gasteiger partial charge in [0.15, 0.2) is 6.10 Å². The summed E-state index contributed by atoms with van der Waals surface area (Å²) in [6.45, 7) is 3.42. The van der Waals surface area contributed by atoms with Crippen LogP contribution in [0.15, 0.2) is 42.5 Å². The van der Waals surface area contributed by atoms with Gasteiger partial charge in [-0.2, -0.15) is 0 Å². The summed E-state index contributed by atoms with van der Waals surface area (Å²) >= 11 is 2.17. The molecule has 2 aromatic carbocycles. The Labute approximate surface area is 136 Å². The molecule has 0 aliphatic rings. The number of rotatable bonds is 4. The summed E-state index contributed by atoms with van der Waals surface area (Å²) in [5.74, 6) is -0.240. The lowest BCUT2D eigenvalue weighted by atomic mass is 10.2. The molecule has 0 aromatic heterocycles. The minimum Gasteiger partial charge on any atom is -0.481 e. The molecule has 110 valence electrons. The number of aryl methyl sites for hydroxylation is 1. The maximum atomic E-state index is 13.7. The van der Waals surface area contributed by atoms with E-state index in [1.165, 1.54) is 6.07 Å². The molecule has 0 fully saturated rings. The molecular weight excluding hydrogens is 384 g/mol. The van der Waals surface area contributed by atoms with Gasteiger partial charge in [0.05, 0.1) is 5.69 Å². The lowest BCUT2D eigenvalue weighted by Gasteiger charge is -2.15. The average molecular weight is 399 g/mol. The third kappa shape index (κ3) is 4.42. The molecule has 0 aliphatic carbocycles. The summed E-state index contributed by atoms with van der Waals surface area (Å²) in [6.07, 6.45) is -0.719. The zero-order valence-electron chi connectivity index (χ0n) is 11.7. The molecule has 3 nitrogen and oxygen atoms in total. The molecule has 5 heteroatoms. The first-order valence-corrected chi connectivity index (χ1v) is 7.53. The fourth-order valence-corrected chi connectivity index (χ4v) is 2.27. The number of amides is 1. The Morgan fingerprint density at radius 1 is 1.29 bits per heavy atom. The molecule has 0 heterocycles. The standard InChI is InChI=1S/C16H15FINO2/c1-10-6-7-15(14(17)8-10)19-16(20)11(2)21-13-5-3-4-12(18)9-13/h3-9,11H,1-2H3,(H,19,20). The lowest BCUT2D eigenvalue weighted by Crippen LogP contribution is -2.30. The van der Waals surface area contributed by atoms with Gasteiger partial charge >= 0.3 is 0 Å². The molecular formula is C16H15FINO2. The number of hydrogen-bond acceptors (Lipinski definition) is 2. The van der Waals surface area contributed by atoms with Crippen molar-refractivity contribution in [3.63, 3.8) is 0 Å². The van der Waals surface area contributed by atoms with Gasteiger partial charge in [-0.3, -0.25) is 4.79 Å². The molecule has 0 saturated heterocycles. The second kappa shape index (κ2) is 6.89. The molecule has 0 radical (unpaired) electrons. The Hall–Kier alpha value is -1.63. The van der Waals surface area contributed by atoms with Crippen molar-refractivity contribution >= 4 is 34.2 Å². The van der Waals surface area contributed by atoms with E-state index in [2.05, 4.69) is 27.9 Å². The summed E-state index contributed by atoms with van der Waals surface area (Å²) in [5, 5.41) is 2.53. The number of carbonyl (C=O) groups excluding carboxylic acids is 1. The second-order valence-corrected chi connectivity index (χ2v) is 5.94. The van der Waals surface area contributed by atoms with Crippen molar-refractivity contribution < 1.29 is 13.9 Å². The van der Waals surface area contributed by atoms with E-state index in [0.29, 0.717) is 5.75 Å². The van der Waals surface area contributed by atoms with Crippen LogP contribution >= 0.6 is 22.6 Å². The van der Waals surface area contributed by atoms with Crippen molar-refractivity contribution in [1.82, 2.24) is 0 Å². The van der Waals surface area contributed by atoms with Crippen LogP contribution in [0.5, 0.6) is 5.75 Å². The van der Waals surface area contributed by atoms with Crippen LogP contribution in [0.2, 0.25) is 0 Å². The molecule has 1 atom stereocenters. The second-order valence-electron chi connectivity index (χ2n) is 4.69. The van der Waals surface area contributed by atoms with Gasteiger partial charge in [-0.15, -0.1) is 0 Å². The van der Waals surface area contributed by atoms with Gasteiger partial charge in [0.2, 0.25) is 0 Å². The molecule has 0 aliphatic heterocycles. The van der Waals surface area contributed by atoms with E-state index in [9.17, 15) is 9.18 Å². The molecule has 0 saturated carbocycles. The highest BCUT2D eigenvalue weighted by molar-refractivity contribution is 14.1. The van der Waals surface area contributed by atoms with Crippen LogP contribution in [0.1, 0.15) is 12.5 Å². The van der Waals surface area contributed by atoms with E-state index in [1.54, 1.807) is 32.0 Å². The molecule has 2 rings (SSSR count). The Morgan fingerprint density at radius 3 is 2.71 bits per heavy atom. The van der Waals surface area contributed by atoms with Gasteiger partial charge in [-0.1, -0.05) is 12.1 Å². The van der Waals surface area contributed by atoms with Crippen molar-refractivity contribution in [3.05, 3.63) is 57.4 Å². The zero-order chi connectivity index (χ0) is 15.4. The van der Waals surface area contributed by atoms with Gasteiger partial charge in [0.25, 0.3) is 5.91 Å². The number of benzene rings is 2. The van der Waals surface area contributed by atoms with Crippen molar-refractivity contribution in [2.75, 3.05) is 5.32 Å². The molecule has 1 unspecified atom stereocenters. The summed E-state index contributed by atoms with van der Waals surface area (Å²) < 4.78 is 20.3. The average Bonchev–Trinajstić information content (AvgIpc) is 2.41. The van der Waals surface area contributed by atoms with Crippen LogP contribution in [0.3, 0.4) is 0 Å². The number of ether oxygens (including phenoxy) is 1. The third-order valence-electron chi connectivity index (χ3n) is 2.86. The molecule has 1 amide bonds. The topological polar surface area (TPSA) is 38.3 Å². The van der Waals surface area contributed by atoms with Gasteiger partial charge in [-0.25, -0.2) is 4.39 Å². The predicted octanol–water partition coefficient (Wildman–Crippen LogP) is 4.14. The van der Waals surface area contributed by atoms with E-state index >= 15 is 0 Å². The summed E-state index contributed by atoms with van der Waals surface area (Å²) in [6, 6.07) is 12.0. The fraction of sp³-hybridized carbons (Fsp3) is 0.188. The molecule has 2 aromatic rings. The van der Waals surface area contributed by atoms with Crippen LogP contribution < -0.4 is 10.1 Å². The van der Waals surface area contributed by atoms with E-state index in [1.807, 2.05) is 18.2 Å². The van der Waals surface area contributed by atoms with E-state index in [0.717, 1.165) is 9.13 Å². The first-order chi connectivity index (χ1) is 9.95. The third-order valence-corrected chi connectivity index (χ3v) is 3.53. The van der Waals surface area contributed by atoms with Crippen LogP contribution in [0.4, 0.5) is 10.1 Å². The SMILES string of the molecule is Cc1ccc(NC(=O)C(C)Oc2cccc(I)c2)c(F)c1. The van der Waals surface area contributed by atoms with Crippen LogP contribution in [-0.2, 0) is 4.79 Å². The smallest absolute Gasteiger partial charge is 0.265 e. The highest BCUT2D eigenvalue weighted by Crippen LogP contribution is 2.18. The lowest BCUT2D eigenvalue weighted by molar-refractivity contribution is -0.122. The Morgan fingerprint density at radius 2 is 2.05 bits per heavy atom. The first kappa shape index (κ1) is 15.8. The number of halogens is 2. The molecule has 0 bridgehead atoms. The van der Waals surface area contributed by atoms with Crippen LogP contribution in [0.25, 0.3) is 0 Å². The number of carbonyl (C=O) groups is 1. The van der Waals surface area contributed by atoms with Gasteiger partial charge < -0.3 is 10.1 Å². The quantitative estimate of drug-likeness (QED) is 0.785. The number of hydrogen-bond donors (Lipinski definition) is 1. The minimum absolute atomic E-state index is 0.156. The Balaban J connectivity index is 2.02. The van der Waals surface area contributed by atoms with Crippen LogP contribution in [0, 0.1) is 16.3 Å². The first-order valence-electron chi connectivity index (χ1n) is 6.45. The fourth-order valence-electron chi connectivity index (χ4n) is 1.75. The summed E-state index contributed by atoms with van der Waals surface area (Å²) in [4.78, 5) is 12.0. The number of nitrogens with one attached hydrogen (secondary N) is 1. The molecule has 0 spiro atoms. The highest BCUT2D eigenvalue weighted by atomic mass is 127. The number of anilines is 1. The van der Waals surface area contributed by atoms with Gasteiger partial charge in [-0.05, 0) is 72.3 Å². The van der Waals surface area contributed by atoms with Crippen LogP contribution in [-0.4, -0.2) is 12.0 Å². The van der Waals surface area contributed by atoms with E-state index < -0.39 is 17.8 Å². The van der Waals surface area contributed by atoms with Crippen molar-refractivity contribution in [2.45, 2.75) is 20.0 Å². The predicted molar refractivity (Wildman–Crippen MR) is 89.0 cm³/mol. The zero-order valence-corrected chi connectivity index (χ0v) is 13.8. The van der Waals surface area contributed by atoms with Crippen molar-refractivity contribution in [1.29, 1.82) is 0 Å². The summed E-state index contributed by atoms with van der Waals surface area (Å²) in [7, 11) is 0. The van der Waals surface area contributed by atoms with Crippen molar-refractivity contribution in [2.24, 2.45) is 0 Å². The Kier molecular flexibility index (Phi) is 5.17. The van der Waals surface area contributed by atoms with Gasteiger partial charge in [0.1, 0.15) is 11.6 Å². The van der Waals surface area contributed by atoms with Crippen molar-refractivity contribution in [3.8, 4) is 5.75 Å². The maximum Gasteiger partial charge on any atom is 0.265 e. The van der Waals surface area contributed by atoms with E-state index in [-0.39, 0.29) is 5.69 Å². The highest BCUT2D eigenvalue weighted by Gasteiger charge is 2.16. The molecule has 1 N–H and O–H groups in total. The summed E-state index contributed by atoms with van der Waals surface area (Å²) in [5.41, 5.74) is 0.956. The monoisotopic (exact) mass is 399 g/mol. The van der Waals surface area contributed by atoms with E-state index in [4.69, 9.17) is 4.74 Å². The Bertz CT molecular complexity index is 660.